The molecule has 0 radical (unpaired) electrons. The number of hydrogen-bond acceptors (Lipinski definition) is 3. The van der Waals surface area contributed by atoms with Crippen LogP contribution in [0.15, 0.2) is 18.2 Å². The van der Waals surface area contributed by atoms with Crippen LogP contribution in [0.4, 0.5) is 5.69 Å². The second-order valence-electron chi connectivity index (χ2n) is 2.64. The smallest absolute Gasteiger partial charge is 0.288 e. The molecule has 0 aromatic heterocycles. The number of nitro groups is 1. The van der Waals surface area contributed by atoms with E-state index >= 15 is 0 Å². The Morgan fingerprint density at radius 3 is 2.79 bits per heavy atom. The van der Waals surface area contributed by atoms with Crippen molar-refractivity contribution in [3.63, 3.8) is 0 Å². The van der Waals surface area contributed by atoms with Crippen molar-refractivity contribution in [1.82, 2.24) is 0 Å². The van der Waals surface area contributed by atoms with Gasteiger partial charge in [0.05, 0.1) is 11.0 Å². The Labute approximate surface area is 99.2 Å². The third-order valence-corrected chi connectivity index (χ3v) is 2.85. The van der Waals surface area contributed by atoms with Crippen LogP contribution in [-0.2, 0) is 0 Å². The second-order valence-corrected chi connectivity index (χ2v) is 3.93. The van der Waals surface area contributed by atoms with Crippen LogP contribution in [0.2, 0.25) is 5.02 Å². The lowest BCUT2D eigenvalue weighted by Gasteiger charge is -2.06. The van der Waals surface area contributed by atoms with E-state index in [1.165, 1.54) is 12.1 Å². The molecule has 0 spiro atoms. The van der Waals surface area contributed by atoms with Crippen molar-refractivity contribution >= 4 is 39.9 Å². The van der Waals surface area contributed by atoms with E-state index < -0.39 is 11.0 Å². The normalized spacial score (nSPS) is 12.5. The summed E-state index contributed by atoms with van der Waals surface area (Å²) in [4.78, 5) is 9.96. The maximum atomic E-state index is 10.5. The molecule has 0 aliphatic carbocycles. The van der Waals surface area contributed by atoms with Gasteiger partial charge in [-0.05, 0) is 11.6 Å². The number of alkyl halides is 1. The van der Waals surface area contributed by atoms with Gasteiger partial charge in [0.15, 0.2) is 0 Å². The summed E-state index contributed by atoms with van der Waals surface area (Å²) in [5.74, 6) is 0. The van der Waals surface area contributed by atoms with Crippen LogP contribution in [0.3, 0.4) is 0 Å². The van der Waals surface area contributed by atoms with Crippen molar-refractivity contribution < 1.29 is 10.0 Å². The van der Waals surface area contributed by atoms with Crippen molar-refractivity contribution in [3.8, 4) is 0 Å². The molecule has 1 atom stereocenters. The van der Waals surface area contributed by atoms with Gasteiger partial charge in [-0.2, -0.15) is 0 Å². The number of nitro benzene ring substituents is 1. The monoisotopic (exact) mass is 327 g/mol. The van der Waals surface area contributed by atoms with Gasteiger partial charge in [-0.1, -0.05) is 40.3 Å². The predicted octanol–water partition coefficient (Wildman–Crippen LogP) is 2.72. The summed E-state index contributed by atoms with van der Waals surface area (Å²) >= 11 is 7.62. The average molecular weight is 328 g/mol. The highest BCUT2D eigenvalue weighted by molar-refractivity contribution is 14.1. The molecule has 0 fully saturated rings. The minimum absolute atomic E-state index is 0.0828. The van der Waals surface area contributed by atoms with Gasteiger partial charge in [0.1, 0.15) is 5.02 Å². The zero-order valence-corrected chi connectivity index (χ0v) is 9.90. The largest absolute Gasteiger partial charge is 0.388 e. The Balaban J connectivity index is 3.12. The Kier molecular flexibility index (Phi) is 4.09. The SMILES string of the molecule is O=[N+]([O-])c1cc([C@@H](O)CI)ccc1Cl. The van der Waals surface area contributed by atoms with Crippen LogP contribution < -0.4 is 0 Å². The number of aliphatic hydroxyl groups is 1. The zero-order valence-electron chi connectivity index (χ0n) is 6.98. The van der Waals surface area contributed by atoms with Gasteiger partial charge < -0.3 is 5.11 Å². The molecule has 1 aromatic carbocycles. The Hall–Kier alpha value is -0.400. The molecule has 76 valence electrons. The van der Waals surface area contributed by atoms with Gasteiger partial charge >= 0.3 is 0 Å². The quantitative estimate of drug-likeness (QED) is 0.402. The van der Waals surface area contributed by atoms with Crippen molar-refractivity contribution in [2.45, 2.75) is 6.10 Å². The summed E-state index contributed by atoms with van der Waals surface area (Å²) in [6, 6.07) is 4.30. The molecule has 1 N–H and O–H groups in total. The number of benzene rings is 1. The summed E-state index contributed by atoms with van der Waals surface area (Å²) in [6.45, 7) is 0. The Bertz CT molecular complexity index is 358. The summed E-state index contributed by atoms with van der Waals surface area (Å²) in [5, 5.41) is 20.1. The van der Waals surface area contributed by atoms with Crippen LogP contribution >= 0.6 is 34.2 Å². The maximum absolute atomic E-state index is 10.5. The van der Waals surface area contributed by atoms with E-state index in [1.807, 2.05) is 22.6 Å². The molecule has 1 rings (SSSR count). The van der Waals surface area contributed by atoms with Gasteiger partial charge in [0, 0.05) is 10.5 Å². The highest BCUT2D eigenvalue weighted by atomic mass is 127. The molecule has 0 saturated carbocycles. The van der Waals surface area contributed by atoms with Gasteiger partial charge in [-0.3, -0.25) is 10.1 Å². The first kappa shape index (κ1) is 11.7. The number of rotatable bonds is 3. The van der Waals surface area contributed by atoms with E-state index in [-0.39, 0.29) is 10.7 Å². The van der Waals surface area contributed by atoms with Crippen molar-refractivity contribution in [2.75, 3.05) is 4.43 Å². The minimum Gasteiger partial charge on any atom is -0.388 e. The molecule has 0 saturated heterocycles. The van der Waals surface area contributed by atoms with Gasteiger partial charge in [-0.15, -0.1) is 0 Å². The highest BCUT2D eigenvalue weighted by Crippen LogP contribution is 2.28. The van der Waals surface area contributed by atoms with Crippen LogP contribution in [0.25, 0.3) is 0 Å². The van der Waals surface area contributed by atoms with Crippen LogP contribution in [0.5, 0.6) is 0 Å². The summed E-state index contributed by atoms with van der Waals surface area (Å²) in [5.41, 5.74) is 0.337. The summed E-state index contributed by atoms with van der Waals surface area (Å²) in [7, 11) is 0. The van der Waals surface area contributed by atoms with E-state index in [2.05, 4.69) is 0 Å². The van der Waals surface area contributed by atoms with E-state index in [1.54, 1.807) is 6.07 Å². The van der Waals surface area contributed by atoms with Crippen LogP contribution in [0, 0.1) is 10.1 Å². The molecule has 0 aliphatic heterocycles. The molecular formula is C8H7ClINO3. The first-order chi connectivity index (χ1) is 6.56. The summed E-state index contributed by atoms with van der Waals surface area (Å²) in [6.07, 6.45) is -0.688. The van der Waals surface area contributed by atoms with Crippen LogP contribution in [0.1, 0.15) is 11.7 Å². The molecule has 4 nitrogen and oxygen atoms in total. The maximum Gasteiger partial charge on any atom is 0.288 e. The fourth-order valence-electron chi connectivity index (χ4n) is 0.966. The highest BCUT2D eigenvalue weighted by Gasteiger charge is 2.15. The van der Waals surface area contributed by atoms with E-state index in [0.717, 1.165) is 0 Å². The molecule has 0 bridgehead atoms. The molecule has 14 heavy (non-hydrogen) atoms. The lowest BCUT2D eigenvalue weighted by atomic mass is 10.1. The van der Waals surface area contributed by atoms with Crippen molar-refractivity contribution in [3.05, 3.63) is 38.9 Å². The topological polar surface area (TPSA) is 63.4 Å². The standard InChI is InChI=1S/C8H7ClINO3/c9-6-2-1-5(8(12)4-10)3-7(6)11(13)14/h1-3,8,12H,4H2/t8-/m0/s1. The van der Waals surface area contributed by atoms with Gasteiger partial charge in [-0.25, -0.2) is 0 Å². The lowest BCUT2D eigenvalue weighted by molar-refractivity contribution is -0.384. The Morgan fingerprint density at radius 2 is 2.29 bits per heavy atom. The van der Waals surface area contributed by atoms with E-state index in [0.29, 0.717) is 9.99 Å². The Morgan fingerprint density at radius 1 is 1.64 bits per heavy atom. The second kappa shape index (κ2) is 4.90. The fourth-order valence-corrected chi connectivity index (χ4v) is 1.66. The number of halogens is 2. The third kappa shape index (κ3) is 2.55. The first-order valence-corrected chi connectivity index (χ1v) is 5.64. The number of hydrogen-bond donors (Lipinski definition) is 1. The fraction of sp³-hybridized carbons (Fsp3) is 0.250. The molecule has 0 aliphatic rings. The van der Waals surface area contributed by atoms with Gasteiger partial charge in [0.2, 0.25) is 0 Å². The summed E-state index contributed by atoms with van der Waals surface area (Å²) < 4.78 is 0.483. The lowest BCUT2D eigenvalue weighted by Crippen LogP contribution is -1.99. The third-order valence-electron chi connectivity index (χ3n) is 1.70. The molecule has 6 heteroatoms. The molecule has 0 unspecified atom stereocenters. The van der Waals surface area contributed by atoms with Gasteiger partial charge in [0.25, 0.3) is 5.69 Å². The minimum atomic E-state index is -0.688. The van der Waals surface area contributed by atoms with Crippen molar-refractivity contribution in [1.29, 1.82) is 0 Å². The van der Waals surface area contributed by atoms with Crippen LogP contribution in [-0.4, -0.2) is 14.5 Å². The van der Waals surface area contributed by atoms with E-state index in [4.69, 9.17) is 11.6 Å². The number of nitrogens with zero attached hydrogens (tertiary/aromatic N) is 1. The molecular weight excluding hydrogens is 320 g/mol. The van der Waals surface area contributed by atoms with E-state index in [9.17, 15) is 15.2 Å². The van der Waals surface area contributed by atoms with Crippen molar-refractivity contribution in [2.24, 2.45) is 0 Å². The predicted molar refractivity (Wildman–Crippen MR) is 62.0 cm³/mol. The average Bonchev–Trinajstić information content (AvgIpc) is 2.17. The number of aliphatic hydroxyl groups excluding tert-OH is 1. The molecule has 0 amide bonds. The molecule has 1 aromatic rings. The molecule has 0 heterocycles. The zero-order chi connectivity index (χ0) is 10.7. The first-order valence-electron chi connectivity index (χ1n) is 3.74.